The Hall–Kier alpha value is -1.79. The number of unbranched alkanes of at least 4 members (excludes halogenated alkanes) is 1. The van der Waals surface area contributed by atoms with E-state index in [9.17, 15) is 0 Å². The summed E-state index contributed by atoms with van der Waals surface area (Å²) in [7, 11) is 1.84. The molecule has 2 aliphatic rings. The molecule has 6 heteroatoms. The van der Waals surface area contributed by atoms with Crippen LogP contribution in [0.25, 0.3) is 0 Å². The summed E-state index contributed by atoms with van der Waals surface area (Å²) in [6.45, 7) is 4.95. The fraction of sp³-hybridized carbons (Fsp3) is 0.650. The molecule has 0 aliphatic carbocycles. The van der Waals surface area contributed by atoms with Gasteiger partial charge >= 0.3 is 0 Å². The third-order valence-corrected chi connectivity index (χ3v) is 4.85. The normalized spacial score (nSPS) is 23.9. The van der Waals surface area contributed by atoms with Gasteiger partial charge in [0.2, 0.25) is 0 Å². The predicted octanol–water partition coefficient (Wildman–Crippen LogP) is 2.30. The molecule has 2 aliphatic heterocycles. The van der Waals surface area contributed by atoms with Crippen molar-refractivity contribution in [2.75, 3.05) is 46.5 Å². The van der Waals surface area contributed by atoms with Crippen LogP contribution in [0.15, 0.2) is 35.3 Å². The second-order valence-electron chi connectivity index (χ2n) is 6.75. The molecule has 0 aromatic heterocycles. The summed E-state index contributed by atoms with van der Waals surface area (Å²) in [5.74, 6) is 1.89. The van der Waals surface area contributed by atoms with Gasteiger partial charge in [0, 0.05) is 33.3 Å². The maximum absolute atomic E-state index is 5.92. The van der Waals surface area contributed by atoms with Crippen LogP contribution in [0.4, 0.5) is 0 Å². The topological polar surface area (TPSA) is 55.3 Å². The number of benzene rings is 1. The summed E-state index contributed by atoms with van der Waals surface area (Å²) in [6.07, 6.45) is 4.70. The maximum Gasteiger partial charge on any atom is 0.193 e. The highest BCUT2D eigenvalue weighted by molar-refractivity contribution is 5.80. The molecule has 2 saturated heterocycles. The number of para-hydroxylation sites is 1. The number of rotatable bonds is 7. The van der Waals surface area contributed by atoms with Crippen LogP contribution in [0, 0.1) is 0 Å². The van der Waals surface area contributed by atoms with Gasteiger partial charge in [-0.2, -0.15) is 0 Å². The molecule has 0 saturated carbocycles. The van der Waals surface area contributed by atoms with E-state index in [2.05, 4.69) is 15.2 Å². The van der Waals surface area contributed by atoms with Crippen molar-refractivity contribution in [3.63, 3.8) is 0 Å². The molecule has 2 fully saturated rings. The van der Waals surface area contributed by atoms with E-state index in [1.807, 2.05) is 37.4 Å². The lowest BCUT2D eigenvalue weighted by Crippen LogP contribution is -2.53. The van der Waals surface area contributed by atoms with Crippen molar-refractivity contribution >= 4 is 5.96 Å². The van der Waals surface area contributed by atoms with Crippen LogP contribution in [0.1, 0.15) is 25.7 Å². The van der Waals surface area contributed by atoms with Crippen molar-refractivity contribution in [3.8, 4) is 5.75 Å². The molecule has 1 aromatic carbocycles. The Morgan fingerprint density at radius 2 is 2.04 bits per heavy atom. The summed E-state index contributed by atoms with van der Waals surface area (Å²) in [5.41, 5.74) is 0. The van der Waals surface area contributed by atoms with Crippen molar-refractivity contribution in [2.45, 2.75) is 37.9 Å². The minimum atomic E-state index is 0.157. The van der Waals surface area contributed by atoms with Crippen molar-refractivity contribution in [1.82, 2.24) is 10.2 Å². The fourth-order valence-electron chi connectivity index (χ4n) is 3.45. The van der Waals surface area contributed by atoms with Gasteiger partial charge in [-0.05, 0) is 37.8 Å². The molecule has 1 aromatic rings. The second-order valence-corrected chi connectivity index (χ2v) is 6.75. The first kappa shape index (κ1) is 19.0. The van der Waals surface area contributed by atoms with E-state index in [1.165, 1.54) is 0 Å². The van der Waals surface area contributed by atoms with E-state index in [0.717, 1.165) is 76.8 Å². The van der Waals surface area contributed by atoms with Gasteiger partial charge in [-0.3, -0.25) is 4.99 Å². The van der Waals surface area contributed by atoms with Gasteiger partial charge in [-0.25, -0.2) is 0 Å². The van der Waals surface area contributed by atoms with Gasteiger partial charge in [0.15, 0.2) is 5.96 Å². The highest BCUT2D eigenvalue weighted by Crippen LogP contribution is 2.21. The summed E-state index contributed by atoms with van der Waals surface area (Å²) in [4.78, 5) is 6.73. The van der Waals surface area contributed by atoms with Crippen molar-refractivity contribution in [3.05, 3.63) is 30.3 Å². The van der Waals surface area contributed by atoms with Crippen LogP contribution in [-0.2, 0) is 9.47 Å². The van der Waals surface area contributed by atoms with Crippen LogP contribution in [0.3, 0.4) is 0 Å². The smallest absolute Gasteiger partial charge is 0.193 e. The average molecular weight is 361 g/mol. The molecule has 1 N–H and O–H groups in total. The van der Waals surface area contributed by atoms with Crippen LogP contribution in [0.5, 0.6) is 5.75 Å². The van der Waals surface area contributed by atoms with Crippen molar-refractivity contribution < 1.29 is 14.2 Å². The lowest BCUT2D eigenvalue weighted by molar-refractivity contribution is -0.0816. The zero-order valence-electron chi connectivity index (χ0n) is 15.7. The molecule has 0 bridgehead atoms. The fourth-order valence-corrected chi connectivity index (χ4v) is 3.45. The van der Waals surface area contributed by atoms with Gasteiger partial charge in [0.05, 0.1) is 19.3 Å². The quantitative estimate of drug-likeness (QED) is 0.459. The van der Waals surface area contributed by atoms with Gasteiger partial charge in [0.1, 0.15) is 11.9 Å². The number of nitrogens with zero attached hydrogens (tertiary/aromatic N) is 2. The van der Waals surface area contributed by atoms with E-state index in [0.29, 0.717) is 0 Å². The number of nitrogens with one attached hydrogen (secondary N) is 1. The molecule has 2 atom stereocenters. The first-order chi connectivity index (χ1) is 12.9. The van der Waals surface area contributed by atoms with Crippen molar-refractivity contribution in [2.24, 2.45) is 4.99 Å². The Bertz CT molecular complexity index is 546. The molecule has 2 heterocycles. The molecule has 0 amide bonds. The number of ether oxygens (including phenoxy) is 3. The molecule has 144 valence electrons. The highest BCUT2D eigenvalue weighted by Gasteiger charge is 2.32. The van der Waals surface area contributed by atoms with Gasteiger partial charge < -0.3 is 24.4 Å². The lowest BCUT2D eigenvalue weighted by Gasteiger charge is -2.37. The standard InChI is InChI=1S/C20H31N3O3/c1-21-20(22-11-5-6-13-24-17-8-3-2-4-9-17)23-12-15-26-19(16-23)18-10-7-14-25-18/h2-4,8-9,18-19H,5-7,10-16H2,1H3,(H,21,22). The molecule has 0 spiro atoms. The van der Waals surface area contributed by atoms with Crippen LogP contribution in [0.2, 0.25) is 0 Å². The second kappa shape index (κ2) is 10.4. The summed E-state index contributed by atoms with van der Waals surface area (Å²) in [5, 5.41) is 3.47. The average Bonchev–Trinajstić information content (AvgIpc) is 3.23. The molecule has 26 heavy (non-hydrogen) atoms. The van der Waals surface area contributed by atoms with E-state index < -0.39 is 0 Å². The Balaban J connectivity index is 1.33. The SMILES string of the molecule is CN=C(NCCCCOc1ccccc1)N1CCOC(C2CCCO2)C1. The Morgan fingerprint density at radius 1 is 1.19 bits per heavy atom. The third kappa shape index (κ3) is 5.61. The Labute approximate surface area is 156 Å². The molecule has 0 radical (unpaired) electrons. The minimum Gasteiger partial charge on any atom is -0.494 e. The van der Waals surface area contributed by atoms with Crippen LogP contribution < -0.4 is 10.1 Å². The predicted molar refractivity (Wildman–Crippen MR) is 103 cm³/mol. The van der Waals surface area contributed by atoms with E-state index in [-0.39, 0.29) is 12.2 Å². The van der Waals surface area contributed by atoms with Gasteiger partial charge in [0.25, 0.3) is 0 Å². The summed E-state index contributed by atoms with van der Waals surface area (Å²) < 4.78 is 17.4. The van der Waals surface area contributed by atoms with Gasteiger partial charge in [-0.15, -0.1) is 0 Å². The van der Waals surface area contributed by atoms with E-state index in [4.69, 9.17) is 14.2 Å². The number of hydrogen-bond donors (Lipinski definition) is 1. The first-order valence-corrected chi connectivity index (χ1v) is 9.73. The summed E-state index contributed by atoms with van der Waals surface area (Å²) in [6, 6.07) is 9.96. The summed E-state index contributed by atoms with van der Waals surface area (Å²) >= 11 is 0. The number of hydrogen-bond acceptors (Lipinski definition) is 4. The molecular weight excluding hydrogens is 330 g/mol. The zero-order valence-corrected chi connectivity index (χ0v) is 15.7. The number of guanidine groups is 1. The number of aliphatic imine (C=N–C) groups is 1. The molecule has 2 unspecified atom stereocenters. The maximum atomic E-state index is 5.92. The Morgan fingerprint density at radius 3 is 2.81 bits per heavy atom. The minimum absolute atomic E-state index is 0.157. The zero-order chi connectivity index (χ0) is 18.0. The van der Waals surface area contributed by atoms with Gasteiger partial charge in [-0.1, -0.05) is 18.2 Å². The monoisotopic (exact) mass is 361 g/mol. The van der Waals surface area contributed by atoms with E-state index >= 15 is 0 Å². The van der Waals surface area contributed by atoms with Crippen molar-refractivity contribution in [1.29, 1.82) is 0 Å². The lowest BCUT2D eigenvalue weighted by atomic mass is 10.1. The Kier molecular flexibility index (Phi) is 7.58. The number of morpholine rings is 1. The largest absolute Gasteiger partial charge is 0.494 e. The first-order valence-electron chi connectivity index (χ1n) is 9.73. The molecular formula is C20H31N3O3. The molecule has 6 nitrogen and oxygen atoms in total. The molecule has 3 rings (SSSR count). The third-order valence-electron chi connectivity index (χ3n) is 4.85. The highest BCUT2D eigenvalue weighted by atomic mass is 16.5. The van der Waals surface area contributed by atoms with Crippen LogP contribution in [-0.4, -0.2) is 69.6 Å². The van der Waals surface area contributed by atoms with E-state index in [1.54, 1.807) is 0 Å². The van der Waals surface area contributed by atoms with Crippen LogP contribution >= 0.6 is 0 Å².